The highest BCUT2D eigenvalue weighted by molar-refractivity contribution is 5.82. The Morgan fingerprint density at radius 2 is 2.18 bits per heavy atom. The summed E-state index contributed by atoms with van der Waals surface area (Å²) in [6.07, 6.45) is 3.65. The molecule has 1 atom stereocenters. The van der Waals surface area contributed by atoms with Crippen LogP contribution in [0.2, 0.25) is 0 Å². The number of nitrogens with zero attached hydrogens (tertiary/aromatic N) is 1. The summed E-state index contributed by atoms with van der Waals surface area (Å²) in [5, 5.41) is 4.49. The second kappa shape index (κ2) is 5.57. The molecule has 0 amide bonds. The van der Waals surface area contributed by atoms with Gasteiger partial charge in [0.1, 0.15) is 0 Å². The van der Waals surface area contributed by atoms with Crippen molar-refractivity contribution in [2.45, 2.75) is 6.04 Å². The van der Waals surface area contributed by atoms with Crippen LogP contribution >= 0.6 is 0 Å². The molecule has 0 saturated heterocycles. The predicted molar refractivity (Wildman–Crippen MR) is 71.7 cm³/mol. The van der Waals surface area contributed by atoms with Crippen molar-refractivity contribution < 1.29 is 0 Å². The van der Waals surface area contributed by atoms with Crippen molar-refractivity contribution in [3.63, 3.8) is 0 Å². The van der Waals surface area contributed by atoms with Gasteiger partial charge in [-0.3, -0.25) is 4.98 Å². The van der Waals surface area contributed by atoms with Gasteiger partial charge in [0.05, 0.1) is 5.52 Å². The van der Waals surface area contributed by atoms with Gasteiger partial charge in [-0.15, -0.1) is 6.58 Å². The van der Waals surface area contributed by atoms with E-state index in [0.29, 0.717) is 6.54 Å². The van der Waals surface area contributed by atoms with E-state index in [1.807, 2.05) is 24.4 Å². The molecule has 0 aliphatic rings. The maximum atomic E-state index is 5.81. The molecule has 3 nitrogen and oxygen atoms in total. The molecule has 1 unspecified atom stereocenters. The van der Waals surface area contributed by atoms with E-state index in [-0.39, 0.29) is 6.04 Å². The zero-order chi connectivity index (χ0) is 12.1. The van der Waals surface area contributed by atoms with Gasteiger partial charge in [-0.05, 0) is 11.6 Å². The highest BCUT2D eigenvalue weighted by Crippen LogP contribution is 2.21. The molecular formula is C14H17N3. The molecule has 0 aliphatic carbocycles. The summed E-state index contributed by atoms with van der Waals surface area (Å²) in [5.74, 6) is 0. The third kappa shape index (κ3) is 2.52. The minimum atomic E-state index is 0.117. The molecule has 0 bridgehead atoms. The molecule has 88 valence electrons. The lowest BCUT2D eigenvalue weighted by Gasteiger charge is -2.17. The molecule has 2 rings (SSSR count). The van der Waals surface area contributed by atoms with Gasteiger partial charge in [0, 0.05) is 30.7 Å². The largest absolute Gasteiger partial charge is 0.329 e. The Labute approximate surface area is 101 Å². The van der Waals surface area contributed by atoms with E-state index in [2.05, 4.69) is 35.1 Å². The summed E-state index contributed by atoms with van der Waals surface area (Å²) < 4.78 is 0. The van der Waals surface area contributed by atoms with Gasteiger partial charge in [0.25, 0.3) is 0 Å². The van der Waals surface area contributed by atoms with Gasteiger partial charge in [-0.25, -0.2) is 0 Å². The van der Waals surface area contributed by atoms with Crippen LogP contribution in [0.25, 0.3) is 10.9 Å². The topological polar surface area (TPSA) is 50.9 Å². The van der Waals surface area contributed by atoms with Crippen molar-refractivity contribution in [1.82, 2.24) is 10.3 Å². The average Bonchev–Trinajstić information content (AvgIpc) is 2.40. The quantitative estimate of drug-likeness (QED) is 0.768. The lowest BCUT2D eigenvalue weighted by molar-refractivity contribution is 0.580. The van der Waals surface area contributed by atoms with Crippen LogP contribution in [-0.2, 0) is 0 Å². The number of fused-ring (bicyclic) bond motifs is 1. The third-order valence-electron chi connectivity index (χ3n) is 2.78. The number of rotatable bonds is 5. The van der Waals surface area contributed by atoms with E-state index in [1.54, 1.807) is 0 Å². The van der Waals surface area contributed by atoms with E-state index in [9.17, 15) is 0 Å². The Bertz CT molecular complexity index is 502. The fourth-order valence-corrected chi connectivity index (χ4v) is 1.95. The van der Waals surface area contributed by atoms with E-state index >= 15 is 0 Å². The molecule has 0 fully saturated rings. The molecule has 0 aliphatic heterocycles. The van der Waals surface area contributed by atoms with Crippen molar-refractivity contribution in [3.8, 4) is 0 Å². The Hall–Kier alpha value is -1.71. The number of para-hydroxylation sites is 1. The third-order valence-corrected chi connectivity index (χ3v) is 2.78. The lowest BCUT2D eigenvalue weighted by Crippen LogP contribution is -2.28. The van der Waals surface area contributed by atoms with Gasteiger partial charge in [-0.1, -0.05) is 30.3 Å². The first-order valence-electron chi connectivity index (χ1n) is 5.75. The highest BCUT2D eigenvalue weighted by atomic mass is 14.9. The Balaban J connectivity index is 2.42. The molecule has 3 N–H and O–H groups in total. The van der Waals surface area contributed by atoms with Gasteiger partial charge in [-0.2, -0.15) is 0 Å². The number of hydrogen-bond donors (Lipinski definition) is 2. The number of nitrogens with one attached hydrogen (secondary N) is 1. The van der Waals surface area contributed by atoms with Crippen LogP contribution in [0.5, 0.6) is 0 Å². The maximum absolute atomic E-state index is 5.81. The summed E-state index contributed by atoms with van der Waals surface area (Å²) in [7, 11) is 0. The Morgan fingerprint density at radius 1 is 1.35 bits per heavy atom. The first-order valence-corrected chi connectivity index (χ1v) is 5.75. The standard InChI is InChI=1S/C14H17N3/c1-2-8-16-13(10-15)12-7-3-5-11-6-4-9-17-14(11)12/h2-7,9,13,16H,1,8,10,15H2. The number of benzene rings is 1. The normalized spacial score (nSPS) is 12.5. The SMILES string of the molecule is C=CCNC(CN)c1cccc2cccnc12. The van der Waals surface area contributed by atoms with Crippen LogP contribution < -0.4 is 11.1 Å². The first kappa shape index (κ1) is 11.8. The molecule has 3 heteroatoms. The highest BCUT2D eigenvalue weighted by Gasteiger charge is 2.11. The molecule has 1 aromatic carbocycles. The Morgan fingerprint density at radius 3 is 2.94 bits per heavy atom. The number of hydrogen-bond acceptors (Lipinski definition) is 3. The monoisotopic (exact) mass is 227 g/mol. The summed E-state index contributed by atoms with van der Waals surface area (Å²) in [6.45, 7) is 4.99. The molecule has 17 heavy (non-hydrogen) atoms. The second-order valence-electron chi connectivity index (χ2n) is 3.91. The zero-order valence-electron chi connectivity index (χ0n) is 9.76. The van der Waals surface area contributed by atoms with Crippen molar-refractivity contribution >= 4 is 10.9 Å². The number of aromatic nitrogens is 1. The lowest BCUT2D eigenvalue weighted by atomic mass is 10.0. The molecule has 1 heterocycles. The second-order valence-corrected chi connectivity index (χ2v) is 3.91. The number of nitrogens with two attached hydrogens (primary N) is 1. The van der Waals surface area contributed by atoms with Crippen LogP contribution in [0.4, 0.5) is 0 Å². The van der Waals surface area contributed by atoms with Gasteiger partial charge < -0.3 is 11.1 Å². The molecule has 0 spiro atoms. The molecule has 1 aromatic heterocycles. The zero-order valence-corrected chi connectivity index (χ0v) is 9.76. The predicted octanol–water partition coefficient (Wildman–Crippen LogP) is 2.01. The maximum Gasteiger partial charge on any atom is 0.0750 e. The Kier molecular flexibility index (Phi) is 3.85. The van der Waals surface area contributed by atoms with E-state index in [0.717, 1.165) is 23.0 Å². The van der Waals surface area contributed by atoms with Crippen LogP contribution in [-0.4, -0.2) is 18.1 Å². The van der Waals surface area contributed by atoms with Crippen LogP contribution in [0.3, 0.4) is 0 Å². The van der Waals surface area contributed by atoms with Gasteiger partial charge in [0.2, 0.25) is 0 Å². The molecule has 2 aromatic rings. The number of pyridine rings is 1. The van der Waals surface area contributed by atoms with E-state index < -0.39 is 0 Å². The van der Waals surface area contributed by atoms with Crippen LogP contribution in [0.1, 0.15) is 11.6 Å². The van der Waals surface area contributed by atoms with Gasteiger partial charge in [0.15, 0.2) is 0 Å². The average molecular weight is 227 g/mol. The fourth-order valence-electron chi connectivity index (χ4n) is 1.95. The minimum Gasteiger partial charge on any atom is -0.329 e. The first-order chi connectivity index (χ1) is 8.36. The van der Waals surface area contributed by atoms with Gasteiger partial charge >= 0.3 is 0 Å². The fraction of sp³-hybridized carbons (Fsp3) is 0.214. The van der Waals surface area contributed by atoms with Crippen molar-refractivity contribution in [1.29, 1.82) is 0 Å². The summed E-state index contributed by atoms with van der Waals surface area (Å²) in [4.78, 5) is 4.44. The van der Waals surface area contributed by atoms with Crippen LogP contribution in [0.15, 0.2) is 49.2 Å². The summed E-state index contributed by atoms with van der Waals surface area (Å²) >= 11 is 0. The van der Waals surface area contributed by atoms with Crippen molar-refractivity contribution in [2.24, 2.45) is 5.73 Å². The summed E-state index contributed by atoms with van der Waals surface area (Å²) in [5.41, 5.74) is 7.97. The molecule has 0 radical (unpaired) electrons. The van der Waals surface area contributed by atoms with E-state index in [1.165, 1.54) is 0 Å². The summed E-state index contributed by atoms with van der Waals surface area (Å²) in [6, 6.07) is 10.3. The minimum absolute atomic E-state index is 0.117. The van der Waals surface area contributed by atoms with Crippen LogP contribution in [0, 0.1) is 0 Å². The van der Waals surface area contributed by atoms with Crippen molar-refractivity contribution in [3.05, 3.63) is 54.7 Å². The molecule has 0 saturated carbocycles. The smallest absolute Gasteiger partial charge is 0.0750 e. The van der Waals surface area contributed by atoms with Crippen molar-refractivity contribution in [2.75, 3.05) is 13.1 Å². The van der Waals surface area contributed by atoms with E-state index in [4.69, 9.17) is 5.73 Å². The molecular weight excluding hydrogens is 210 g/mol.